The molecule has 18 heavy (non-hydrogen) atoms. The highest BCUT2D eigenvalue weighted by atomic mass is 32.2. The van der Waals surface area contributed by atoms with Crippen molar-refractivity contribution >= 4 is 17.7 Å². The molecule has 2 rings (SSSR count). The van der Waals surface area contributed by atoms with E-state index in [9.17, 15) is 9.90 Å². The van der Waals surface area contributed by atoms with Crippen molar-refractivity contribution in [2.75, 3.05) is 18.8 Å². The molecule has 0 radical (unpaired) electrons. The van der Waals surface area contributed by atoms with Crippen LogP contribution >= 0.6 is 11.8 Å². The van der Waals surface area contributed by atoms with Gasteiger partial charge < -0.3 is 10.0 Å². The lowest BCUT2D eigenvalue weighted by Crippen LogP contribution is -2.46. The molecule has 2 aliphatic rings. The molecular weight excluding hydrogens is 246 g/mol. The number of nitrogens with zero attached hydrogens (tertiary/aromatic N) is 1. The highest BCUT2D eigenvalue weighted by Crippen LogP contribution is 2.33. The molecule has 0 spiro atoms. The van der Waals surface area contributed by atoms with Gasteiger partial charge >= 0.3 is 0 Å². The average molecular weight is 271 g/mol. The Morgan fingerprint density at radius 2 is 2.11 bits per heavy atom. The Balaban J connectivity index is 1.88. The van der Waals surface area contributed by atoms with Crippen LogP contribution in [0.1, 0.15) is 46.0 Å². The van der Waals surface area contributed by atoms with Gasteiger partial charge in [0.1, 0.15) is 0 Å². The van der Waals surface area contributed by atoms with Crippen LogP contribution in [0.25, 0.3) is 0 Å². The van der Waals surface area contributed by atoms with Gasteiger partial charge in [-0.25, -0.2) is 0 Å². The van der Waals surface area contributed by atoms with Gasteiger partial charge in [0.25, 0.3) is 0 Å². The molecule has 1 amide bonds. The molecule has 1 aliphatic heterocycles. The van der Waals surface area contributed by atoms with E-state index in [1.165, 1.54) is 0 Å². The first kappa shape index (κ1) is 14.2. The molecule has 1 saturated carbocycles. The van der Waals surface area contributed by atoms with Crippen molar-refractivity contribution in [3.05, 3.63) is 0 Å². The van der Waals surface area contributed by atoms with Gasteiger partial charge in [-0.1, -0.05) is 26.7 Å². The number of hydrogen-bond donors (Lipinski definition) is 1. The van der Waals surface area contributed by atoms with E-state index in [1.54, 1.807) is 0 Å². The molecule has 1 heterocycles. The number of hydrogen-bond acceptors (Lipinski definition) is 3. The van der Waals surface area contributed by atoms with Gasteiger partial charge in [-0.2, -0.15) is 11.8 Å². The Bertz CT molecular complexity index is 300. The summed E-state index contributed by atoms with van der Waals surface area (Å²) >= 11 is 1.98. The summed E-state index contributed by atoms with van der Waals surface area (Å²) in [6.07, 6.45) is 4.06. The van der Waals surface area contributed by atoms with Crippen LogP contribution in [0.2, 0.25) is 0 Å². The van der Waals surface area contributed by atoms with Crippen LogP contribution in [0.15, 0.2) is 0 Å². The second-order valence-electron chi connectivity index (χ2n) is 6.10. The molecule has 0 aromatic heterocycles. The zero-order valence-electron chi connectivity index (χ0n) is 11.5. The van der Waals surface area contributed by atoms with E-state index in [2.05, 4.69) is 13.8 Å². The highest BCUT2D eigenvalue weighted by Gasteiger charge is 2.36. The van der Waals surface area contributed by atoms with Gasteiger partial charge in [0.05, 0.1) is 12.0 Å². The molecule has 4 heteroatoms. The van der Waals surface area contributed by atoms with Crippen LogP contribution in [-0.4, -0.2) is 45.6 Å². The molecular formula is C14H25NO2S. The Hall–Kier alpha value is -0.220. The van der Waals surface area contributed by atoms with E-state index in [1.807, 2.05) is 16.7 Å². The van der Waals surface area contributed by atoms with Crippen LogP contribution < -0.4 is 0 Å². The van der Waals surface area contributed by atoms with Crippen molar-refractivity contribution in [2.24, 2.45) is 5.92 Å². The maximum absolute atomic E-state index is 12.3. The molecule has 1 N–H and O–H groups in total. The summed E-state index contributed by atoms with van der Waals surface area (Å²) in [5, 5.41) is 10.9. The van der Waals surface area contributed by atoms with Crippen LogP contribution in [0.5, 0.6) is 0 Å². The van der Waals surface area contributed by atoms with Crippen molar-refractivity contribution in [1.29, 1.82) is 0 Å². The summed E-state index contributed by atoms with van der Waals surface area (Å²) in [6.45, 7) is 6.15. The van der Waals surface area contributed by atoms with E-state index in [0.717, 1.165) is 44.5 Å². The van der Waals surface area contributed by atoms with Crippen molar-refractivity contribution in [1.82, 2.24) is 4.90 Å². The van der Waals surface area contributed by atoms with E-state index in [4.69, 9.17) is 0 Å². The lowest BCUT2D eigenvalue weighted by Gasteiger charge is -2.36. The summed E-state index contributed by atoms with van der Waals surface area (Å²) in [5.41, 5.74) is -0.699. The number of amides is 1. The van der Waals surface area contributed by atoms with Gasteiger partial charge in [0, 0.05) is 24.1 Å². The summed E-state index contributed by atoms with van der Waals surface area (Å²) in [4.78, 5) is 14.3. The minimum atomic E-state index is -0.699. The third-order valence-electron chi connectivity index (χ3n) is 4.20. The van der Waals surface area contributed by atoms with Crippen LogP contribution in [0.3, 0.4) is 0 Å². The minimum absolute atomic E-state index is 0.158. The predicted molar refractivity (Wildman–Crippen MR) is 75.7 cm³/mol. The van der Waals surface area contributed by atoms with Gasteiger partial charge in [0.15, 0.2) is 0 Å². The standard InChI is InChI=1S/C14H25NO2S/c1-11(2)12-10-15(7-8-18-12)13(16)9-14(17)5-3-4-6-14/h11-12,17H,3-10H2,1-2H3. The predicted octanol–water partition coefficient (Wildman–Crippen LogP) is 2.28. The van der Waals surface area contributed by atoms with Crippen LogP contribution in [0.4, 0.5) is 0 Å². The minimum Gasteiger partial charge on any atom is -0.389 e. The zero-order valence-corrected chi connectivity index (χ0v) is 12.3. The Kier molecular flexibility index (Phi) is 4.59. The number of aliphatic hydroxyl groups is 1. The van der Waals surface area contributed by atoms with E-state index >= 15 is 0 Å². The van der Waals surface area contributed by atoms with Crippen LogP contribution in [-0.2, 0) is 4.79 Å². The van der Waals surface area contributed by atoms with Gasteiger partial charge in [-0.05, 0) is 18.8 Å². The smallest absolute Gasteiger partial charge is 0.225 e. The normalized spacial score (nSPS) is 27.8. The first-order valence-corrected chi connectivity index (χ1v) is 8.17. The first-order chi connectivity index (χ1) is 8.50. The van der Waals surface area contributed by atoms with Crippen molar-refractivity contribution in [3.63, 3.8) is 0 Å². The molecule has 2 fully saturated rings. The molecule has 0 bridgehead atoms. The quantitative estimate of drug-likeness (QED) is 0.856. The molecule has 0 aromatic carbocycles. The van der Waals surface area contributed by atoms with Crippen molar-refractivity contribution in [2.45, 2.75) is 56.8 Å². The second-order valence-corrected chi connectivity index (χ2v) is 7.45. The average Bonchev–Trinajstić information content (AvgIpc) is 2.76. The highest BCUT2D eigenvalue weighted by molar-refractivity contribution is 8.00. The Morgan fingerprint density at radius 1 is 1.44 bits per heavy atom. The summed E-state index contributed by atoms with van der Waals surface area (Å²) in [5.74, 6) is 1.80. The maximum Gasteiger partial charge on any atom is 0.225 e. The van der Waals surface area contributed by atoms with Gasteiger partial charge in [0.2, 0.25) is 5.91 Å². The fourth-order valence-electron chi connectivity index (χ4n) is 2.91. The largest absolute Gasteiger partial charge is 0.389 e. The SMILES string of the molecule is CC(C)C1CN(C(=O)CC2(O)CCCC2)CCS1. The summed E-state index contributed by atoms with van der Waals surface area (Å²) in [7, 11) is 0. The van der Waals surface area contributed by atoms with Gasteiger partial charge in [-0.15, -0.1) is 0 Å². The molecule has 1 saturated heterocycles. The zero-order chi connectivity index (χ0) is 13.2. The number of carbonyl (C=O) groups is 1. The van der Waals surface area contributed by atoms with Gasteiger partial charge in [-0.3, -0.25) is 4.79 Å². The lowest BCUT2D eigenvalue weighted by molar-refractivity contribution is -0.136. The molecule has 0 aromatic rings. The summed E-state index contributed by atoms with van der Waals surface area (Å²) in [6, 6.07) is 0. The van der Waals surface area contributed by atoms with E-state index in [0.29, 0.717) is 17.6 Å². The molecule has 1 unspecified atom stereocenters. The van der Waals surface area contributed by atoms with E-state index < -0.39 is 5.60 Å². The molecule has 3 nitrogen and oxygen atoms in total. The molecule has 1 atom stereocenters. The summed E-state index contributed by atoms with van der Waals surface area (Å²) < 4.78 is 0. The second kappa shape index (κ2) is 5.83. The number of thioether (sulfide) groups is 1. The number of rotatable bonds is 3. The van der Waals surface area contributed by atoms with Crippen molar-refractivity contribution < 1.29 is 9.90 Å². The lowest BCUT2D eigenvalue weighted by atomic mass is 9.97. The van der Waals surface area contributed by atoms with E-state index in [-0.39, 0.29) is 5.91 Å². The topological polar surface area (TPSA) is 40.5 Å². The third-order valence-corrected chi connectivity index (χ3v) is 5.74. The Labute approximate surface area is 114 Å². The van der Waals surface area contributed by atoms with Crippen molar-refractivity contribution in [3.8, 4) is 0 Å². The number of carbonyl (C=O) groups excluding carboxylic acids is 1. The van der Waals surface area contributed by atoms with Crippen LogP contribution in [0, 0.1) is 5.92 Å². The monoisotopic (exact) mass is 271 g/mol. The maximum atomic E-state index is 12.3. The third kappa shape index (κ3) is 3.41. The fourth-order valence-corrected chi connectivity index (χ4v) is 4.21. The molecule has 104 valence electrons. The Morgan fingerprint density at radius 3 is 2.72 bits per heavy atom. The molecule has 1 aliphatic carbocycles. The first-order valence-electron chi connectivity index (χ1n) is 7.12. The fraction of sp³-hybridized carbons (Fsp3) is 0.929.